The Morgan fingerprint density at radius 2 is 2.18 bits per heavy atom. The number of rotatable bonds is 6. The Morgan fingerprint density at radius 3 is 2.65 bits per heavy atom. The topological polar surface area (TPSA) is 66.4 Å². The van der Waals surface area contributed by atoms with Crippen LogP contribution in [0.5, 0.6) is 0 Å². The lowest BCUT2D eigenvalue weighted by molar-refractivity contribution is -0.142. The maximum absolute atomic E-state index is 11.7. The first kappa shape index (κ1) is 13.7. The standard InChI is InChI=1S/C13H21NO3/c1-9(2)7-11(13(16)17)14-12(15)8-10-5-3-4-6-10/h3,5,9-11H,4,6-8H2,1-2H3,(H,14,15)(H,16,17). The second-order valence-corrected chi connectivity index (χ2v) is 5.06. The third-order valence-corrected chi connectivity index (χ3v) is 2.90. The third kappa shape index (κ3) is 5.02. The van der Waals surface area contributed by atoms with E-state index in [4.69, 9.17) is 5.11 Å². The van der Waals surface area contributed by atoms with Crippen molar-refractivity contribution in [2.24, 2.45) is 11.8 Å². The van der Waals surface area contributed by atoms with Crippen LogP contribution in [0.4, 0.5) is 0 Å². The molecule has 17 heavy (non-hydrogen) atoms. The first-order valence-corrected chi connectivity index (χ1v) is 6.18. The van der Waals surface area contributed by atoms with Crippen LogP contribution in [0.1, 0.15) is 39.5 Å². The molecule has 0 heterocycles. The molecule has 96 valence electrons. The first-order chi connectivity index (χ1) is 7.99. The summed E-state index contributed by atoms with van der Waals surface area (Å²) in [4.78, 5) is 22.7. The summed E-state index contributed by atoms with van der Waals surface area (Å²) in [5, 5.41) is 11.6. The first-order valence-electron chi connectivity index (χ1n) is 6.18. The molecule has 1 amide bonds. The Balaban J connectivity index is 2.40. The van der Waals surface area contributed by atoms with Crippen LogP contribution < -0.4 is 5.32 Å². The number of hydrogen-bond acceptors (Lipinski definition) is 2. The molecule has 0 radical (unpaired) electrons. The monoisotopic (exact) mass is 239 g/mol. The molecule has 1 rings (SSSR count). The lowest BCUT2D eigenvalue weighted by Gasteiger charge is -2.17. The molecule has 1 aliphatic rings. The molecular weight excluding hydrogens is 218 g/mol. The second kappa shape index (κ2) is 6.42. The molecule has 2 N–H and O–H groups in total. The van der Waals surface area contributed by atoms with Crippen molar-refractivity contribution < 1.29 is 14.7 Å². The van der Waals surface area contributed by atoms with Gasteiger partial charge in [0.2, 0.25) is 5.91 Å². The van der Waals surface area contributed by atoms with Gasteiger partial charge in [0, 0.05) is 6.42 Å². The van der Waals surface area contributed by atoms with Gasteiger partial charge < -0.3 is 10.4 Å². The molecule has 0 aromatic carbocycles. The molecule has 0 saturated heterocycles. The van der Waals surface area contributed by atoms with Crippen molar-refractivity contribution in [3.05, 3.63) is 12.2 Å². The van der Waals surface area contributed by atoms with Gasteiger partial charge in [-0.05, 0) is 31.1 Å². The van der Waals surface area contributed by atoms with Crippen LogP contribution in [-0.4, -0.2) is 23.0 Å². The normalized spacial score (nSPS) is 20.5. The summed E-state index contributed by atoms with van der Waals surface area (Å²) in [5.74, 6) is -0.574. The summed E-state index contributed by atoms with van der Waals surface area (Å²) in [6.45, 7) is 3.89. The average Bonchev–Trinajstić information content (AvgIpc) is 2.68. The van der Waals surface area contributed by atoms with E-state index in [0.717, 1.165) is 12.8 Å². The smallest absolute Gasteiger partial charge is 0.326 e. The van der Waals surface area contributed by atoms with E-state index in [2.05, 4.69) is 11.4 Å². The van der Waals surface area contributed by atoms with E-state index in [0.29, 0.717) is 12.8 Å². The average molecular weight is 239 g/mol. The molecule has 0 aromatic rings. The van der Waals surface area contributed by atoms with E-state index in [1.54, 1.807) is 0 Å². The van der Waals surface area contributed by atoms with Gasteiger partial charge >= 0.3 is 5.97 Å². The highest BCUT2D eigenvalue weighted by atomic mass is 16.4. The lowest BCUT2D eigenvalue weighted by atomic mass is 10.0. The predicted molar refractivity (Wildman–Crippen MR) is 65.5 cm³/mol. The number of aliphatic carboxylic acids is 1. The highest BCUT2D eigenvalue weighted by molar-refractivity contribution is 5.83. The highest BCUT2D eigenvalue weighted by Gasteiger charge is 2.22. The van der Waals surface area contributed by atoms with Crippen LogP contribution in [0.3, 0.4) is 0 Å². The van der Waals surface area contributed by atoms with Crippen molar-refractivity contribution in [1.82, 2.24) is 5.32 Å². The van der Waals surface area contributed by atoms with Crippen LogP contribution in [0.25, 0.3) is 0 Å². The van der Waals surface area contributed by atoms with Gasteiger partial charge in [0.25, 0.3) is 0 Å². The number of hydrogen-bond donors (Lipinski definition) is 2. The molecule has 1 aliphatic carbocycles. The van der Waals surface area contributed by atoms with Crippen LogP contribution in [-0.2, 0) is 9.59 Å². The molecule has 0 aromatic heterocycles. The summed E-state index contributed by atoms with van der Waals surface area (Å²) in [6.07, 6.45) is 7.00. The van der Waals surface area contributed by atoms with Gasteiger partial charge in [-0.2, -0.15) is 0 Å². The predicted octanol–water partition coefficient (Wildman–Crippen LogP) is 1.96. The van der Waals surface area contributed by atoms with E-state index in [-0.39, 0.29) is 17.7 Å². The summed E-state index contributed by atoms with van der Waals surface area (Å²) in [6, 6.07) is -0.757. The van der Waals surface area contributed by atoms with E-state index < -0.39 is 12.0 Å². The van der Waals surface area contributed by atoms with Gasteiger partial charge in [-0.15, -0.1) is 0 Å². The molecule has 2 unspecified atom stereocenters. The number of amides is 1. The van der Waals surface area contributed by atoms with Crippen LogP contribution in [0.2, 0.25) is 0 Å². The van der Waals surface area contributed by atoms with Crippen LogP contribution in [0, 0.1) is 11.8 Å². The molecule has 2 atom stereocenters. The van der Waals surface area contributed by atoms with Gasteiger partial charge in [-0.3, -0.25) is 4.79 Å². The van der Waals surface area contributed by atoms with Gasteiger partial charge in [-0.25, -0.2) is 4.79 Å². The number of allylic oxidation sites excluding steroid dienone is 2. The minimum atomic E-state index is -0.950. The molecule has 0 saturated carbocycles. The zero-order valence-corrected chi connectivity index (χ0v) is 10.5. The molecule has 0 aliphatic heterocycles. The molecular formula is C13H21NO3. The van der Waals surface area contributed by atoms with Crippen molar-refractivity contribution in [2.45, 2.75) is 45.6 Å². The Morgan fingerprint density at radius 1 is 1.47 bits per heavy atom. The van der Waals surface area contributed by atoms with Crippen molar-refractivity contribution in [2.75, 3.05) is 0 Å². The summed E-state index contributed by atoms with van der Waals surface area (Å²) < 4.78 is 0. The Bertz CT molecular complexity index is 310. The Hall–Kier alpha value is -1.32. The van der Waals surface area contributed by atoms with Crippen molar-refractivity contribution in [3.8, 4) is 0 Å². The van der Waals surface area contributed by atoms with Crippen molar-refractivity contribution in [1.29, 1.82) is 0 Å². The van der Waals surface area contributed by atoms with Crippen molar-refractivity contribution >= 4 is 11.9 Å². The number of carbonyl (C=O) groups is 2. The van der Waals surface area contributed by atoms with E-state index in [1.165, 1.54) is 0 Å². The number of nitrogens with one attached hydrogen (secondary N) is 1. The fraction of sp³-hybridized carbons (Fsp3) is 0.692. The zero-order valence-electron chi connectivity index (χ0n) is 10.5. The van der Waals surface area contributed by atoms with Gasteiger partial charge in [0.05, 0.1) is 0 Å². The van der Waals surface area contributed by atoms with E-state index in [1.807, 2.05) is 19.9 Å². The van der Waals surface area contributed by atoms with Gasteiger partial charge in [-0.1, -0.05) is 26.0 Å². The minimum Gasteiger partial charge on any atom is -0.480 e. The number of carbonyl (C=O) groups excluding carboxylic acids is 1. The van der Waals surface area contributed by atoms with Crippen molar-refractivity contribution in [3.63, 3.8) is 0 Å². The second-order valence-electron chi connectivity index (χ2n) is 5.06. The number of carboxylic acids is 1. The van der Waals surface area contributed by atoms with Gasteiger partial charge in [0.15, 0.2) is 0 Å². The fourth-order valence-corrected chi connectivity index (χ4v) is 2.05. The molecule has 4 nitrogen and oxygen atoms in total. The fourth-order valence-electron chi connectivity index (χ4n) is 2.05. The van der Waals surface area contributed by atoms with E-state index in [9.17, 15) is 9.59 Å². The molecule has 4 heteroatoms. The van der Waals surface area contributed by atoms with Gasteiger partial charge in [0.1, 0.15) is 6.04 Å². The molecule has 0 bridgehead atoms. The summed E-state index contributed by atoms with van der Waals surface area (Å²) >= 11 is 0. The third-order valence-electron chi connectivity index (χ3n) is 2.90. The Kier molecular flexibility index (Phi) is 5.19. The zero-order chi connectivity index (χ0) is 12.8. The highest BCUT2D eigenvalue weighted by Crippen LogP contribution is 2.20. The molecule has 0 fully saturated rings. The summed E-state index contributed by atoms with van der Waals surface area (Å²) in [7, 11) is 0. The minimum absolute atomic E-state index is 0.158. The SMILES string of the molecule is CC(C)CC(NC(=O)CC1C=CCC1)C(=O)O. The maximum Gasteiger partial charge on any atom is 0.326 e. The van der Waals surface area contributed by atoms with Crippen LogP contribution in [0.15, 0.2) is 12.2 Å². The largest absolute Gasteiger partial charge is 0.480 e. The maximum atomic E-state index is 11.7. The Labute approximate surface area is 102 Å². The van der Waals surface area contributed by atoms with E-state index >= 15 is 0 Å². The number of carboxylic acid groups (broad SMARTS) is 1. The summed E-state index contributed by atoms with van der Waals surface area (Å²) in [5.41, 5.74) is 0. The molecule has 0 spiro atoms. The quantitative estimate of drug-likeness (QED) is 0.696. The van der Waals surface area contributed by atoms with Crippen LogP contribution >= 0.6 is 0 Å². The lowest BCUT2D eigenvalue weighted by Crippen LogP contribution is -2.42.